The highest BCUT2D eigenvalue weighted by Crippen LogP contribution is 2.32. The minimum atomic E-state index is 0.0525. The van der Waals surface area contributed by atoms with E-state index in [1.165, 1.54) is 11.1 Å². The summed E-state index contributed by atoms with van der Waals surface area (Å²) < 4.78 is 7.15. The Kier molecular flexibility index (Phi) is 4.13. The Bertz CT molecular complexity index is 730. The zero-order valence-corrected chi connectivity index (χ0v) is 13.8. The number of para-hydroxylation sites is 1. The molecule has 0 aliphatic heterocycles. The first-order chi connectivity index (χ1) is 10.2. The molecule has 0 fully saturated rings. The molecule has 108 valence electrons. The SMILES string of the molecule is CCNC(c1cc2ccccc2o1)c1cc(C)ccc1Br. The van der Waals surface area contributed by atoms with Crippen LogP contribution in [0.3, 0.4) is 0 Å². The molecule has 0 radical (unpaired) electrons. The van der Waals surface area contributed by atoms with E-state index in [-0.39, 0.29) is 6.04 Å². The van der Waals surface area contributed by atoms with Gasteiger partial charge in [0, 0.05) is 9.86 Å². The van der Waals surface area contributed by atoms with Gasteiger partial charge in [-0.1, -0.05) is 58.7 Å². The summed E-state index contributed by atoms with van der Waals surface area (Å²) in [4.78, 5) is 0. The molecule has 2 aromatic carbocycles. The van der Waals surface area contributed by atoms with E-state index in [4.69, 9.17) is 4.42 Å². The van der Waals surface area contributed by atoms with Crippen molar-refractivity contribution in [2.75, 3.05) is 6.54 Å². The van der Waals surface area contributed by atoms with Crippen molar-refractivity contribution in [2.45, 2.75) is 19.9 Å². The van der Waals surface area contributed by atoms with Crippen LogP contribution < -0.4 is 5.32 Å². The minimum Gasteiger partial charge on any atom is -0.459 e. The first-order valence-electron chi connectivity index (χ1n) is 7.17. The van der Waals surface area contributed by atoms with Gasteiger partial charge in [-0.2, -0.15) is 0 Å². The number of halogens is 1. The molecule has 0 aliphatic carbocycles. The molecule has 0 spiro atoms. The van der Waals surface area contributed by atoms with Crippen molar-refractivity contribution in [3.63, 3.8) is 0 Å². The quantitative estimate of drug-likeness (QED) is 0.703. The second-order valence-corrected chi connectivity index (χ2v) is 6.06. The molecule has 0 amide bonds. The minimum absolute atomic E-state index is 0.0525. The third-order valence-electron chi connectivity index (χ3n) is 3.60. The number of fused-ring (bicyclic) bond motifs is 1. The van der Waals surface area contributed by atoms with Crippen LogP contribution in [-0.2, 0) is 0 Å². The third kappa shape index (κ3) is 2.89. The average molecular weight is 344 g/mol. The summed E-state index contributed by atoms with van der Waals surface area (Å²) in [6.07, 6.45) is 0. The zero-order chi connectivity index (χ0) is 14.8. The van der Waals surface area contributed by atoms with E-state index in [0.717, 1.165) is 27.7 Å². The standard InChI is InChI=1S/C18H18BrNO/c1-3-20-18(14-10-12(2)8-9-15(14)19)17-11-13-6-4-5-7-16(13)21-17/h4-11,18,20H,3H2,1-2H3. The van der Waals surface area contributed by atoms with Gasteiger partial charge >= 0.3 is 0 Å². The van der Waals surface area contributed by atoms with Crippen molar-refractivity contribution in [3.05, 3.63) is 69.9 Å². The van der Waals surface area contributed by atoms with Crippen LogP contribution in [0.1, 0.15) is 29.9 Å². The van der Waals surface area contributed by atoms with Gasteiger partial charge in [-0.25, -0.2) is 0 Å². The molecule has 2 nitrogen and oxygen atoms in total. The average Bonchev–Trinajstić information content (AvgIpc) is 2.91. The summed E-state index contributed by atoms with van der Waals surface area (Å²) in [6, 6.07) is 16.7. The second kappa shape index (κ2) is 6.04. The van der Waals surface area contributed by atoms with Crippen LogP contribution >= 0.6 is 15.9 Å². The molecule has 3 heteroatoms. The Labute approximate surface area is 133 Å². The van der Waals surface area contributed by atoms with Gasteiger partial charge < -0.3 is 9.73 Å². The number of nitrogens with one attached hydrogen (secondary N) is 1. The van der Waals surface area contributed by atoms with Crippen molar-refractivity contribution in [1.82, 2.24) is 5.32 Å². The Hall–Kier alpha value is -1.58. The number of hydrogen-bond acceptors (Lipinski definition) is 2. The molecule has 0 saturated heterocycles. The fourth-order valence-corrected chi connectivity index (χ4v) is 3.07. The molecule has 0 aliphatic rings. The Balaban J connectivity index is 2.10. The van der Waals surface area contributed by atoms with Crippen LogP contribution in [-0.4, -0.2) is 6.54 Å². The highest BCUT2D eigenvalue weighted by Gasteiger charge is 2.20. The Morgan fingerprint density at radius 2 is 1.95 bits per heavy atom. The zero-order valence-electron chi connectivity index (χ0n) is 12.2. The summed E-state index contributed by atoms with van der Waals surface area (Å²) in [5.74, 6) is 0.948. The molecule has 0 bridgehead atoms. The Morgan fingerprint density at radius 3 is 2.71 bits per heavy atom. The van der Waals surface area contributed by atoms with Crippen molar-refractivity contribution in [2.24, 2.45) is 0 Å². The van der Waals surface area contributed by atoms with Gasteiger partial charge in [-0.3, -0.25) is 0 Å². The van der Waals surface area contributed by atoms with Gasteiger partial charge in [-0.05, 0) is 37.2 Å². The van der Waals surface area contributed by atoms with E-state index in [1.54, 1.807) is 0 Å². The van der Waals surface area contributed by atoms with Crippen molar-refractivity contribution in [1.29, 1.82) is 0 Å². The van der Waals surface area contributed by atoms with Gasteiger partial charge in [-0.15, -0.1) is 0 Å². The van der Waals surface area contributed by atoms with Crippen LogP contribution in [0.4, 0.5) is 0 Å². The van der Waals surface area contributed by atoms with Crippen LogP contribution in [0.5, 0.6) is 0 Å². The van der Waals surface area contributed by atoms with Gasteiger partial charge in [0.05, 0.1) is 6.04 Å². The third-order valence-corrected chi connectivity index (χ3v) is 4.32. The number of furan rings is 1. The van der Waals surface area contributed by atoms with E-state index >= 15 is 0 Å². The molecule has 3 aromatic rings. The maximum absolute atomic E-state index is 6.05. The summed E-state index contributed by atoms with van der Waals surface area (Å²) in [5, 5.41) is 4.66. The van der Waals surface area contributed by atoms with E-state index in [0.29, 0.717) is 0 Å². The van der Waals surface area contributed by atoms with Crippen molar-refractivity contribution in [3.8, 4) is 0 Å². The molecule has 1 aromatic heterocycles. The Morgan fingerprint density at radius 1 is 1.14 bits per heavy atom. The predicted octanol–water partition coefficient (Wildman–Crippen LogP) is 5.20. The topological polar surface area (TPSA) is 25.2 Å². The van der Waals surface area contributed by atoms with Gasteiger partial charge in [0.2, 0.25) is 0 Å². The summed E-state index contributed by atoms with van der Waals surface area (Å²) in [6.45, 7) is 5.10. The number of hydrogen-bond donors (Lipinski definition) is 1. The number of benzene rings is 2. The maximum Gasteiger partial charge on any atom is 0.134 e. The lowest BCUT2D eigenvalue weighted by atomic mass is 10.0. The predicted molar refractivity (Wildman–Crippen MR) is 90.6 cm³/mol. The lowest BCUT2D eigenvalue weighted by Crippen LogP contribution is -2.22. The van der Waals surface area contributed by atoms with Crippen LogP contribution in [0.2, 0.25) is 0 Å². The van der Waals surface area contributed by atoms with E-state index in [9.17, 15) is 0 Å². The fourth-order valence-electron chi connectivity index (χ4n) is 2.60. The fraction of sp³-hybridized carbons (Fsp3) is 0.222. The molecule has 1 N–H and O–H groups in total. The maximum atomic E-state index is 6.05. The smallest absolute Gasteiger partial charge is 0.134 e. The van der Waals surface area contributed by atoms with Gasteiger partial charge in [0.25, 0.3) is 0 Å². The van der Waals surface area contributed by atoms with Crippen LogP contribution in [0.15, 0.2) is 57.4 Å². The molecule has 0 saturated carbocycles. The molecule has 1 unspecified atom stereocenters. The van der Waals surface area contributed by atoms with Crippen molar-refractivity contribution < 1.29 is 4.42 Å². The van der Waals surface area contributed by atoms with E-state index < -0.39 is 0 Å². The van der Waals surface area contributed by atoms with E-state index in [2.05, 4.69) is 65.4 Å². The summed E-state index contributed by atoms with van der Waals surface area (Å²) in [5.41, 5.74) is 3.38. The molecule has 1 heterocycles. The normalized spacial score (nSPS) is 12.7. The monoisotopic (exact) mass is 343 g/mol. The van der Waals surface area contributed by atoms with Crippen LogP contribution in [0.25, 0.3) is 11.0 Å². The number of rotatable bonds is 4. The largest absolute Gasteiger partial charge is 0.459 e. The molecule has 3 rings (SSSR count). The molecular weight excluding hydrogens is 326 g/mol. The van der Waals surface area contributed by atoms with Gasteiger partial charge in [0.1, 0.15) is 11.3 Å². The highest BCUT2D eigenvalue weighted by atomic mass is 79.9. The summed E-state index contributed by atoms with van der Waals surface area (Å²) in [7, 11) is 0. The summed E-state index contributed by atoms with van der Waals surface area (Å²) >= 11 is 3.66. The first kappa shape index (κ1) is 14.4. The molecule has 21 heavy (non-hydrogen) atoms. The highest BCUT2D eigenvalue weighted by molar-refractivity contribution is 9.10. The second-order valence-electron chi connectivity index (χ2n) is 5.20. The molecule has 1 atom stereocenters. The first-order valence-corrected chi connectivity index (χ1v) is 7.96. The van der Waals surface area contributed by atoms with E-state index in [1.807, 2.05) is 18.2 Å². The van der Waals surface area contributed by atoms with Gasteiger partial charge in [0.15, 0.2) is 0 Å². The van der Waals surface area contributed by atoms with Crippen molar-refractivity contribution >= 4 is 26.9 Å². The molecular formula is C18H18BrNO. The van der Waals surface area contributed by atoms with Crippen LogP contribution in [0, 0.1) is 6.92 Å². The lowest BCUT2D eigenvalue weighted by molar-refractivity contribution is 0.476. The number of aryl methyl sites for hydroxylation is 1. The lowest BCUT2D eigenvalue weighted by Gasteiger charge is -2.18.